The maximum atomic E-state index is 14.1. The van der Waals surface area contributed by atoms with Crippen molar-refractivity contribution in [3.8, 4) is 11.1 Å². The molecule has 0 aromatic heterocycles. The third-order valence-corrected chi connectivity index (χ3v) is 11.6. The lowest BCUT2D eigenvalue weighted by Gasteiger charge is -2.18. The van der Waals surface area contributed by atoms with Crippen LogP contribution in [0.4, 0.5) is 0 Å². The molecule has 7 heteroatoms. The fourth-order valence-electron chi connectivity index (χ4n) is 5.47. The summed E-state index contributed by atoms with van der Waals surface area (Å²) in [6, 6.07) is 29.9. The van der Waals surface area contributed by atoms with Crippen molar-refractivity contribution in [2.75, 3.05) is 7.05 Å². The van der Waals surface area contributed by atoms with Crippen molar-refractivity contribution in [1.82, 2.24) is 3.71 Å². The number of hydrogen-bond acceptors (Lipinski definition) is 4. The van der Waals surface area contributed by atoms with Crippen LogP contribution in [0.25, 0.3) is 54.2 Å². The molecule has 1 aliphatic rings. The first-order valence-corrected chi connectivity index (χ1v) is 14.3. The molecule has 176 valence electrons. The lowest BCUT2D eigenvalue weighted by Crippen LogP contribution is -2.32. The van der Waals surface area contributed by atoms with E-state index in [1.807, 2.05) is 84.9 Å². The van der Waals surface area contributed by atoms with Gasteiger partial charge in [0, 0.05) is 28.9 Å². The third-order valence-electron chi connectivity index (χ3n) is 7.21. The van der Waals surface area contributed by atoms with Crippen LogP contribution < -0.4 is 0 Å². The predicted octanol–water partition coefficient (Wildman–Crippen LogP) is 6.29. The van der Waals surface area contributed by atoms with Crippen molar-refractivity contribution in [2.24, 2.45) is 0 Å². The number of hydrogen-bond donors (Lipinski definition) is 0. The fourth-order valence-corrected chi connectivity index (χ4v) is 9.35. The van der Waals surface area contributed by atoms with E-state index in [1.54, 1.807) is 12.1 Å². The van der Waals surface area contributed by atoms with E-state index in [-0.39, 0.29) is 9.79 Å². The van der Waals surface area contributed by atoms with Crippen LogP contribution in [0.2, 0.25) is 0 Å². The molecular weight excluding hydrogens is 490 g/mol. The second-order valence-electron chi connectivity index (χ2n) is 9.04. The van der Waals surface area contributed by atoms with Crippen molar-refractivity contribution < 1.29 is 16.8 Å². The summed E-state index contributed by atoms with van der Waals surface area (Å²) in [5, 5.41) is 5.80. The Morgan fingerprint density at radius 2 is 0.833 bits per heavy atom. The summed E-state index contributed by atoms with van der Waals surface area (Å²) >= 11 is 0. The van der Waals surface area contributed by atoms with E-state index >= 15 is 0 Å². The molecule has 5 nitrogen and oxygen atoms in total. The molecule has 36 heavy (non-hydrogen) atoms. The Labute approximate surface area is 208 Å². The molecule has 0 spiro atoms. The highest BCUT2D eigenvalue weighted by molar-refractivity contribution is 8.04. The summed E-state index contributed by atoms with van der Waals surface area (Å²) in [4.78, 5) is 0.0300. The number of fused-ring (bicyclic) bond motifs is 11. The molecule has 0 aliphatic carbocycles. The van der Waals surface area contributed by atoms with E-state index in [9.17, 15) is 16.8 Å². The Morgan fingerprint density at radius 3 is 1.28 bits per heavy atom. The molecular formula is C29H19NO4S2. The average Bonchev–Trinajstić information content (AvgIpc) is 2.95. The van der Waals surface area contributed by atoms with Crippen LogP contribution in [-0.2, 0) is 20.0 Å². The SMILES string of the molecule is CN1S(=O)(=O)c2c(ccc3ccc4ccccc4c23)-c2ccc3ccc4ccccc4c3c2S1(=O)=O. The van der Waals surface area contributed by atoms with Gasteiger partial charge in [-0.05, 0) is 32.3 Å². The molecule has 6 aromatic rings. The van der Waals surface area contributed by atoms with Crippen molar-refractivity contribution in [1.29, 1.82) is 0 Å². The monoisotopic (exact) mass is 509 g/mol. The van der Waals surface area contributed by atoms with Gasteiger partial charge in [-0.3, -0.25) is 0 Å². The summed E-state index contributed by atoms with van der Waals surface area (Å²) in [6.07, 6.45) is 0. The summed E-state index contributed by atoms with van der Waals surface area (Å²) in [7, 11) is -7.72. The van der Waals surface area contributed by atoms with Gasteiger partial charge >= 0.3 is 0 Å². The van der Waals surface area contributed by atoms with Gasteiger partial charge in [-0.25, -0.2) is 16.8 Å². The highest BCUT2D eigenvalue weighted by Crippen LogP contribution is 2.47. The van der Waals surface area contributed by atoms with Gasteiger partial charge in [-0.1, -0.05) is 101 Å². The van der Waals surface area contributed by atoms with Gasteiger partial charge in [0.2, 0.25) is 0 Å². The molecule has 0 fully saturated rings. The third kappa shape index (κ3) is 2.67. The Hall–Kier alpha value is -3.78. The van der Waals surface area contributed by atoms with E-state index in [0.29, 0.717) is 25.6 Å². The van der Waals surface area contributed by atoms with Crippen molar-refractivity contribution >= 4 is 63.1 Å². The van der Waals surface area contributed by atoms with Crippen LogP contribution in [0.15, 0.2) is 107 Å². The minimum Gasteiger partial charge on any atom is -0.206 e. The maximum absolute atomic E-state index is 14.1. The number of sulfonamides is 2. The topological polar surface area (TPSA) is 71.5 Å². The van der Waals surface area contributed by atoms with Crippen LogP contribution >= 0.6 is 0 Å². The summed E-state index contributed by atoms with van der Waals surface area (Å²) in [6.45, 7) is 0. The molecule has 0 unspecified atom stereocenters. The molecule has 6 aromatic carbocycles. The van der Waals surface area contributed by atoms with E-state index in [4.69, 9.17) is 0 Å². The second kappa shape index (κ2) is 7.13. The number of rotatable bonds is 0. The first kappa shape index (κ1) is 21.5. The molecule has 0 atom stereocenters. The first-order chi connectivity index (χ1) is 17.3. The molecule has 0 N–H and O–H groups in total. The molecule has 7 rings (SSSR count). The van der Waals surface area contributed by atoms with Crippen LogP contribution in [0.1, 0.15) is 0 Å². The van der Waals surface area contributed by atoms with Crippen molar-refractivity contribution in [3.05, 3.63) is 97.1 Å². The van der Waals surface area contributed by atoms with Gasteiger partial charge in [-0.2, -0.15) is 0 Å². The predicted molar refractivity (Wildman–Crippen MR) is 144 cm³/mol. The molecule has 0 amide bonds. The zero-order valence-corrected chi connectivity index (χ0v) is 20.8. The summed E-state index contributed by atoms with van der Waals surface area (Å²) in [5.74, 6) is 0. The lowest BCUT2D eigenvalue weighted by atomic mass is 9.94. The van der Waals surface area contributed by atoms with Crippen LogP contribution in [-0.4, -0.2) is 27.6 Å². The van der Waals surface area contributed by atoms with Crippen LogP contribution in [0.3, 0.4) is 0 Å². The average molecular weight is 510 g/mol. The van der Waals surface area contributed by atoms with Crippen LogP contribution in [0, 0.1) is 0 Å². The van der Waals surface area contributed by atoms with Gasteiger partial charge in [0.15, 0.2) is 0 Å². The molecule has 1 aliphatic heterocycles. The molecule has 0 radical (unpaired) electrons. The molecule has 1 heterocycles. The Morgan fingerprint density at radius 1 is 0.472 bits per heavy atom. The smallest absolute Gasteiger partial charge is 0.206 e. The highest BCUT2D eigenvalue weighted by atomic mass is 32.3. The highest BCUT2D eigenvalue weighted by Gasteiger charge is 2.42. The number of benzene rings is 6. The van der Waals surface area contributed by atoms with Gasteiger partial charge < -0.3 is 0 Å². The van der Waals surface area contributed by atoms with Crippen molar-refractivity contribution in [3.63, 3.8) is 0 Å². The van der Waals surface area contributed by atoms with E-state index in [2.05, 4.69) is 0 Å². The first-order valence-electron chi connectivity index (χ1n) is 11.4. The van der Waals surface area contributed by atoms with E-state index < -0.39 is 20.0 Å². The minimum absolute atomic E-state index is 0.0150. The second-order valence-corrected chi connectivity index (χ2v) is 13.1. The molecule has 0 bridgehead atoms. The minimum atomic E-state index is -4.43. The Kier molecular flexibility index (Phi) is 4.26. The van der Waals surface area contributed by atoms with E-state index in [0.717, 1.165) is 39.4 Å². The normalized spacial score (nSPS) is 16.7. The lowest BCUT2D eigenvalue weighted by molar-refractivity contribution is 0.528. The van der Waals surface area contributed by atoms with Gasteiger partial charge in [0.05, 0.1) is 9.79 Å². The standard InChI is InChI=1S/C29H19NO4S2/c1-30-35(31,32)28-24(16-14-20-12-10-18-6-2-4-8-22(18)26(20)28)25-17-15-21-13-11-19-7-3-5-9-23(19)27(21)29(25)36(30,33)34/h2-17H,1H3. The summed E-state index contributed by atoms with van der Waals surface area (Å²) in [5.41, 5.74) is 0.772. The molecule has 0 saturated carbocycles. The maximum Gasteiger partial charge on any atom is 0.257 e. The Bertz CT molecular complexity index is 2000. The van der Waals surface area contributed by atoms with Crippen LogP contribution in [0.5, 0.6) is 0 Å². The quantitative estimate of drug-likeness (QED) is 0.226. The van der Waals surface area contributed by atoms with Gasteiger partial charge in [-0.15, -0.1) is 0 Å². The van der Waals surface area contributed by atoms with Crippen molar-refractivity contribution in [2.45, 2.75) is 9.79 Å². The van der Waals surface area contributed by atoms with Gasteiger partial charge in [0.1, 0.15) is 0 Å². The van der Waals surface area contributed by atoms with Gasteiger partial charge in [0.25, 0.3) is 20.0 Å². The number of nitrogens with zero attached hydrogens (tertiary/aromatic N) is 1. The van der Waals surface area contributed by atoms with E-state index in [1.165, 1.54) is 0 Å². The zero-order valence-electron chi connectivity index (χ0n) is 19.1. The fraction of sp³-hybridized carbons (Fsp3) is 0.0345. The summed E-state index contributed by atoms with van der Waals surface area (Å²) < 4.78 is 57.0. The Balaban J connectivity index is 1.78. The zero-order chi connectivity index (χ0) is 24.8. The molecule has 0 saturated heterocycles. The largest absolute Gasteiger partial charge is 0.257 e.